The molecule has 0 aliphatic heterocycles. The van der Waals surface area contributed by atoms with Crippen molar-refractivity contribution in [3.05, 3.63) is 0 Å². The van der Waals surface area contributed by atoms with E-state index in [1.165, 1.54) is 19.4 Å². The second kappa shape index (κ2) is 22.5. The highest BCUT2D eigenvalue weighted by molar-refractivity contribution is 4.39. The van der Waals surface area contributed by atoms with E-state index >= 15 is 0 Å². The van der Waals surface area contributed by atoms with Crippen molar-refractivity contribution in [2.24, 2.45) is 0 Å². The van der Waals surface area contributed by atoms with Crippen LogP contribution in [-0.2, 0) is 0 Å². The summed E-state index contributed by atoms with van der Waals surface area (Å²) in [5.74, 6) is 0. The predicted molar refractivity (Wildman–Crippen MR) is 56.2 cm³/mol. The number of hydrogen-bond acceptors (Lipinski definition) is 1. The summed E-state index contributed by atoms with van der Waals surface area (Å²) in [6.07, 6.45) is 2.63. The van der Waals surface area contributed by atoms with Gasteiger partial charge in [0.2, 0.25) is 0 Å². The molecule has 0 unspecified atom stereocenters. The fourth-order valence-corrected chi connectivity index (χ4v) is 0.474. The van der Waals surface area contributed by atoms with Gasteiger partial charge in [0.25, 0.3) is 0 Å². The van der Waals surface area contributed by atoms with Gasteiger partial charge in [0.1, 0.15) is 0 Å². The molecular formula is C10H27N. The van der Waals surface area contributed by atoms with E-state index in [4.69, 9.17) is 0 Å². The molecule has 0 saturated carbocycles. The lowest BCUT2D eigenvalue weighted by Crippen LogP contribution is -2.12. The molecule has 0 fully saturated rings. The van der Waals surface area contributed by atoms with Gasteiger partial charge in [-0.25, -0.2) is 0 Å². The normalized spacial score (nSPS) is 7.64. The summed E-state index contributed by atoms with van der Waals surface area (Å²) >= 11 is 0. The van der Waals surface area contributed by atoms with E-state index in [0.717, 1.165) is 0 Å². The second-order valence-electron chi connectivity index (χ2n) is 2.16. The number of unbranched alkanes of at least 4 members (excludes halogenated alkanes) is 1. The minimum absolute atomic E-state index is 1.23. The van der Waals surface area contributed by atoms with Gasteiger partial charge in [0, 0.05) is 0 Å². The highest BCUT2D eigenvalue weighted by Crippen LogP contribution is 1.86. The van der Waals surface area contributed by atoms with Crippen LogP contribution in [0.25, 0.3) is 0 Å². The maximum Gasteiger partial charge on any atom is -0.00249 e. The average Bonchev–Trinajstić information content (AvgIpc) is 2.08. The van der Waals surface area contributed by atoms with Crippen LogP contribution in [0.5, 0.6) is 0 Å². The summed E-state index contributed by atoms with van der Waals surface area (Å²) in [7, 11) is 4.21. The largest absolute Gasteiger partial charge is 0.309 e. The summed E-state index contributed by atoms with van der Waals surface area (Å²) in [4.78, 5) is 2.21. The van der Waals surface area contributed by atoms with Crippen LogP contribution in [0.2, 0.25) is 0 Å². The van der Waals surface area contributed by atoms with Gasteiger partial charge in [-0.1, -0.05) is 41.0 Å². The minimum atomic E-state index is 1.23. The highest BCUT2D eigenvalue weighted by Gasteiger charge is 1.83. The summed E-state index contributed by atoms with van der Waals surface area (Å²) in [5.41, 5.74) is 0. The number of hydrogen-bond donors (Lipinski definition) is 0. The summed E-state index contributed by atoms with van der Waals surface area (Å²) in [6.45, 7) is 11.4. The quantitative estimate of drug-likeness (QED) is 0.613. The lowest BCUT2D eigenvalue weighted by Gasteiger charge is -2.05. The van der Waals surface area contributed by atoms with E-state index in [1.807, 2.05) is 27.7 Å². The average molecular weight is 161 g/mol. The zero-order valence-corrected chi connectivity index (χ0v) is 9.57. The van der Waals surface area contributed by atoms with Crippen LogP contribution in [0.3, 0.4) is 0 Å². The fraction of sp³-hybridized carbons (Fsp3) is 1.00. The lowest BCUT2D eigenvalue weighted by molar-refractivity contribution is 0.398. The standard InChI is InChI=1S/C6H15N.2C2H6/c1-4-5-6-7(2)3;2*1-2/h4-6H2,1-3H3;2*1-2H3. The van der Waals surface area contributed by atoms with Crippen molar-refractivity contribution in [1.82, 2.24) is 4.90 Å². The van der Waals surface area contributed by atoms with Gasteiger partial charge in [-0.3, -0.25) is 0 Å². The van der Waals surface area contributed by atoms with Crippen molar-refractivity contribution in [2.45, 2.75) is 47.5 Å². The maximum atomic E-state index is 2.21. The van der Waals surface area contributed by atoms with Gasteiger partial charge in [-0.05, 0) is 27.1 Å². The van der Waals surface area contributed by atoms with Crippen LogP contribution in [0.1, 0.15) is 47.5 Å². The molecule has 0 spiro atoms. The van der Waals surface area contributed by atoms with E-state index < -0.39 is 0 Å². The minimum Gasteiger partial charge on any atom is -0.309 e. The molecular weight excluding hydrogens is 134 g/mol. The Morgan fingerprint density at radius 3 is 1.36 bits per heavy atom. The van der Waals surface area contributed by atoms with Crippen molar-refractivity contribution in [2.75, 3.05) is 20.6 Å². The SMILES string of the molecule is CC.CC.CCCCN(C)C. The van der Waals surface area contributed by atoms with Crippen LogP contribution in [0.4, 0.5) is 0 Å². The Hall–Kier alpha value is -0.0400. The Balaban J connectivity index is -0.000000138. The van der Waals surface area contributed by atoms with Gasteiger partial charge in [-0.15, -0.1) is 0 Å². The molecule has 72 valence electrons. The molecule has 0 saturated heterocycles. The molecule has 0 aliphatic rings. The van der Waals surface area contributed by atoms with Crippen molar-refractivity contribution in [3.8, 4) is 0 Å². The van der Waals surface area contributed by atoms with E-state index in [0.29, 0.717) is 0 Å². The number of nitrogens with zero attached hydrogens (tertiary/aromatic N) is 1. The van der Waals surface area contributed by atoms with E-state index in [2.05, 4.69) is 25.9 Å². The van der Waals surface area contributed by atoms with E-state index in [1.54, 1.807) is 0 Å². The molecule has 0 aromatic heterocycles. The molecule has 0 amide bonds. The zero-order chi connectivity index (χ0) is 9.70. The first kappa shape index (κ1) is 17.2. The molecule has 0 bridgehead atoms. The Bertz CT molecular complexity index is 33.9. The molecule has 11 heavy (non-hydrogen) atoms. The third kappa shape index (κ3) is 40.2. The first-order valence-electron chi connectivity index (χ1n) is 4.92. The predicted octanol–water partition coefficient (Wildman–Crippen LogP) is 3.40. The zero-order valence-electron chi connectivity index (χ0n) is 9.57. The third-order valence-electron chi connectivity index (χ3n) is 0.959. The van der Waals surface area contributed by atoms with Crippen molar-refractivity contribution >= 4 is 0 Å². The third-order valence-corrected chi connectivity index (χ3v) is 0.959. The fourth-order valence-electron chi connectivity index (χ4n) is 0.474. The molecule has 0 rings (SSSR count). The molecule has 0 atom stereocenters. The Morgan fingerprint density at radius 2 is 1.27 bits per heavy atom. The van der Waals surface area contributed by atoms with E-state index in [9.17, 15) is 0 Å². The van der Waals surface area contributed by atoms with Gasteiger partial charge in [0.15, 0.2) is 0 Å². The smallest absolute Gasteiger partial charge is 0.00249 e. The molecule has 0 aliphatic carbocycles. The first-order chi connectivity index (χ1) is 5.27. The summed E-state index contributed by atoms with van der Waals surface area (Å²) in [5, 5.41) is 0. The van der Waals surface area contributed by atoms with Crippen LogP contribution >= 0.6 is 0 Å². The molecule has 0 aromatic rings. The monoisotopic (exact) mass is 161 g/mol. The number of rotatable bonds is 3. The summed E-state index contributed by atoms with van der Waals surface area (Å²) in [6, 6.07) is 0. The highest BCUT2D eigenvalue weighted by atomic mass is 15.0. The van der Waals surface area contributed by atoms with Gasteiger partial charge in [0.05, 0.1) is 0 Å². The topological polar surface area (TPSA) is 3.24 Å². The van der Waals surface area contributed by atoms with Crippen molar-refractivity contribution < 1.29 is 0 Å². The molecule has 1 nitrogen and oxygen atoms in total. The van der Waals surface area contributed by atoms with Gasteiger partial charge >= 0.3 is 0 Å². The Morgan fingerprint density at radius 1 is 0.909 bits per heavy atom. The van der Waals surface area contributed by atoms with Crippen LogP contribution in [-0.4, -0.2) is 25.5 Å². The second-order valence-corrected chi connectivity index (χ2v) is 2.16. The summed E-state index contributed by atoms with van der Waals surface area (Å²) < 4.78 is 0. The van der Waals surface area contributed by atoms with E-state index in [-0.39, 0.29) is 0 Å². The van der Waals surface area contributed by atoms with Gasteiger partial charge in [-0.2, -0.15) is 0 Å². The first-order valence-corrected chi connectivity index (χ1v) is 4.92. The van der Waals surface area contributed by atoms with Crippen molar-refractivity contribution in [3.63, 3.8) is 0 Å². The molecule has 0 aromatic carbocycles. The lowest BCUT2D eigenvalue weighted by atomic mass is 10.3. The van der Waals surface area contributed by atoms with Gasteiger partial charge < -0.3 is 4.90 Å². The Labute approximate surface area is 73.8 Å². The van der Waals surface area contributed by atoms with Crippen LogP contribution in [0.15, 0.2) is 0 Å². The van der Waals surface area contributed by atoms with Crippen molar-refractivity contribution in [1.29, 1.82) is 0 Å². The molecule has 0 radical (unpaired) electrons. The van der Waals surface area contributed by atoms with Crippen LogP contribution in [0, 0.1) is 0 Å². The molecule has 1 heteroatoms. The Kier molecular flexibility index (Phi) is 35.1. The molecule has 0 heterocycles. The maximum absolute atomic E-state index is 2.21. The molecule has 0 N–H and O–H groups in total. The van der Waals surface area contributed by atoms with Crippen LogP contribution < -0.4 is 0 Å².